The number of fused-ring (bicyclic) bond motifs is 1. The van der Waals surface area contributed by atoms with Crippen LogP contribution >= 0.6 is 0 Å². The average molecular weight is 437 g/mol. The summed E-state index contributed by atoms with van der Waals surface area (Å²) in [7, 11) is 0. The van der Waals surface area contributed by atoms with Crippen LogP contribution in [-0.4, -0.2) is 56.2 Å². The van der Waals surface area contributed by atoms with Crippen molar-refractivity contribution in [2.24, 2.45) is 0 Å². The molecule has 1 fully saturated rings. The monoisotopic (exact) mass is 436 g/mol. The first-order valence-corrected chi connectivity index (χ1v) is 10.8. The number of hydrogen-bond donors (Lipinski definition) is 2. The summed E-state index contributed by atoms with van der Waals surface area (Å²) in [6.45, 7) is 6.55. The lowest BCUT2D eigenvalue weighted by Gasteiger charge is -2.34. The smallest absolute Gasteiger partial charge is 0.410 e. The Hall–Kier alpha value is -3.62. The number of aromatic nitrogens is 3. The van der Waals surface area contributed by atoms with Crippen LogP contribution in [0.15, 0.2) is 48.5 Å². The number of likely N-dealkylation sites (tertiary alicyclic amines) is 1. The van der Waals surface area contributed by atoms with Crippen molar-refractivity contribution in [2.75, 3.05) is 18.4 Å². The third-order valence-electron chi connectivity index (χ3n) is 5.03. The van der Waals surface area contributed by atoms with Crippen LogP contribution in [0.2, 0.25) is 0 Å². The Morgan fingerprint density at radius 2 is 1.88 bits per heavy atom. The Kier molecular flexibility index (Phi) is 5.98. The molecule has 2 N–H and O–H groups in total. The molecule has 0 aliphatic carbocycles. The van der Waals surface area contributed by atoms with Gasteiger partial charge in [-0.25, -0.2) is 9.31 Å². The number of carbonyl (C=O) groups is 2. The molecule has 2 amide bonds. The molecule has 0 bridgehead atoms. The van der Waals surface area contributed by atoms with E-state index in [1.807, 2.05) is 51.1 Å². The fourth-order valence-electron chi connectivity index (χ4n) is 3.63. The van der Waals surface area contributed by atoms with E-state index in [1.54, 1.807) is 23.1 Å². The number of pyridine rings is 1. The van der Waals surface area contributed by atoms with Crippen molar-refractivity contribution in [3.63, 3.8) is 0 Å². The first kappa shape index (κ1) is 21.6. The number of benzene rings is 1. The number of ether oxygens (including phenoxy) is 1. The highest BCUT2D eigenvalue weighted by Crippen LogP contribution is 2.17. The number of rotatable bonds is 4. The summed E-state index contributed by atoms with van der Waals surface area (Å²) >= 11 is 0. The van der Waals surface area contributed by atoms with E-state index in [4.69, 9.17) is 4.74 Å². The number of nitrogens with one attached hydrogen (secondary N) is 2. The minimum atomic E-state index is -0.554. The van der Waals surface area contributed by atoms with Gasteiger partial charge in [0, 0.05) is 24.8 Å². The van der Waals surface area contributed by atoms with Gasteiger partial charge in [-0.3, -0.25) is 4.79 Å². The minimum absolute atomic E-state index is 0.163. The van der Waals surface area contributed by atoms with E-state index in [-0.39, 0.29) is 18.0 Å². The summed E-state index contributed by atoms with van der Waals surface area (Å²) in [5.74, 6) is 0.146. The lowest BCUT2D eigenvalue weighted by atomic mass is 10.1. The number of nitrogens with zero attached hydrogens (tertiary/aromatic N) is 4. The third-order valence-corrected chi connectivity index (χ3v) is 5.03. The molecule has 0 radical (unpaired) electrons. The highest BCUT2D eigenvalue weighted by molar-refractivity contribution is 5.93. The van der Waals surface area contributed by atoms with Crippen LogP contribution in [0.5, 0.6) is 0 Å². The van der Waals surface area contributed by atoms with Gasteiger partial charge in [0.25, 0.3) is 5.91 Å². The van der Waals surface area contributed by atoms with Crippen molar-refractivity contribution < 1.29 is 14.3 Å². The summed E-state index contributed by atoms with van der Waals surface area (Å²) in [6, 6.07) is 14.7. The molecule has 1 aliphatic rings. The second-order valence-electron chi connectivity index (χ2n) is 8.85. The molecule has 2 aromatic heterocycles. The molecule has 168 valence electrons. The van der Waals surface area contributed by atoms with Gasteiger partial charge in [0.05, 0.1) is 0 Å². The molecule has 0 unspecified atom stereocenters. The van der Waals surface area contributed by atoms with Gasteiger partial charge < -0.3 is 20.3 Å². The predicted octanol–water partition coefficient (Wildman–Crippen LogP) is 3.60. The Bertz CT molecular complexity index is 1110. The molecule has 3 heterocycles. The van der Waals surface area contributed by atoms with Crippen molar-refractivity contribution >= 4 is 29.3 Å². The van der Waals surface area contributed by atoms with Gasteiger partial charge >= 0.3 is 6.09 Å². The van der Waals surface area contributed by atoms with Gasteiger partial charge in [0.15, 0.2) is 5.65 Å². The Morgan fingerprint density at radius 3 is 2.62 bits per heavy atom. The number of carbonyl (C=O) groups excluding carboxylic acids is 2. The summed E-state index contributed by atoms with van der Waals surface area (Å²) < 4.78 is 6.99. The molecule has 1 atom stereocenters. The van der Waals surface area contributed by atoms with E-state index >= 15 is 0 Å². The van der Waals surface area contributed by atoms with Crippen molar-refractivity contribution in [3.05, 3.63) is 54.2 Å². The summed E-state index contributed by atoms with van der Waals surface area (Å²) in [4.78, 5) is 31.6. The average Bonchev–Trinajstić information content (AvgIpc) is 3.15. The summed E-state index contributed by atoms with van der Waals surface area (Å²) in [6.07, 6.45) is 1.23. The molecular weight excluding hydrogens is 408 g/mol. The van der Waals surface area contributed by atoms with Gasteiger partial charge in [0.1, 0.15) is 11.3 Å². The third kappa shape index (κ3) is 5.16. The zero-order chi connectivity index (χ0) is 22.7. The topological polar surface area (TPSA) is 101 Å². The second kappa shape index (κ2) is 8.86. The van der Waals surface area contributed by atoms with E-state index in [2.05, 4.69) is 20.7 Å². The van der Waals surface area contributed by atoms with E-state index < -0.39 is 5.60 Å². The van der Waals surface area contributed by atoms with Crippen LogP contribution in [0.25, 0.3) is 5.65 Å². The van der Waals surface area contributed by atoms with Gasteiger partial charge in [-0.05, 0) is 57.9 Å². The molecule has 0 saturated carbocycles. The van der Waals surface area contributed by atoms with E-state index in [0.29, 0.717) is 30.4 Å². The zero-order valence-corrected chi connectivity index (χ0v) is 18.5. The maximum Gasteiger partial charge on any atom is 0.410 e. The predicted molar refractivity (Wildman–Crippen MR) is 121 cm³/mol. The summed E-state index contributed by atoms with van der Waals surface area (Å²) in [5, 5.41) is 10.6. The molecule has 1 saturated heterocycles. The molecule has 1 aromatic carbocycles. The number of amides is 2. The molecule has 3 aromatic rings. The fourth-order valence-corrected chi connectivity index (χ4v) is 3.63. The van der Waals surface area contributed by atoms with Gasteiger partial charge in [0.2, 0.25) is 5.95 Å². The number of hydrogen-bond acceptors (Lipinski definition) is 6. The highest BCUT2D eigenvalue weighted by Gasteiger charge is 2.29. The highest BCUT2D eigenvalue weighted by atomic mass is 16.6. The van der Waals surface area contributed by atoms with Crippen molar-refractivity contribution in [3.8, 4) is 0 Å². The first-order chi connectivity index (χ1) is 15.3. The molecule has 9 nitrogen and oxygen atoms in total. The Labute approximate surface area is 186 Å². The number of para-hydroxylation sites is 1. The Balaban J connectivity index is 1.46. The molecule has 1 aliphatic heterocycles. The molecule has 0 spiro atoms. The van der Waals surface area contributed by atoms with Gasteiger partial charge in [-0.15, -0.1) is 5.10 Å². The maximum atomic E-state index is 13.0. The summed E-state index contributed by atoms with van der Waals surface area (Å²) in [5.41, 5.74) is 1.25. The SMILES string of the molecule is CC(C)(C)OC(=O)N1CCC[C@H](NC(=O)c2cccc3nc(Nc4ccccc4)nn23)C1. The van der Waals surface area contributed by atoms with Crippen LogP contribution in [0.4, 0.5) is 16.4 Å². The number of anilines is 2. The van der Waals surface area contributed by atoms with Crippen molar-refractivity contribution in [2.45, 2.75) is 45.3 Å². The van der Waals surface area contributed by atoms with Crippen LogP contribution in [-0.2, 0) is 4.74 Å². The normalized spacial score (nSPS) is 16.6. The maximum absolute atomic E-state index is 13.0. The first-order valence-electron chi connectivity index (χ1n) is 10.8. The lowest BCUT2D eigenvalue weighted by molar-refractivity contribution is 0.0185. The fraction of sp³-hybridized carbons (Fsp3) is 0.391. The molecule has 4 rings (SSSR count). The van der Waals surface area contributed by atoms with E-state index in [9.17, 15) is 9.59 Å². The van der Waals surface area contributed by atoms with E-state index in [0.717, 1.165) is 18.5 Å². The molecule has 32 heavy (non-hydrogen) atoms. The lowest BCUT2D eigenvalue weighted by Crippen LogP contribution is -2.50. The van der Waals surface area contributed by atoms with Crippen LogP contribution in [0.3, 0.4) is 0 Å². The molecular formula is C23H28N6O3. The zero-order valence-electron chi connectivity index (χ0n) is 18.5. The number of piperidine rings is 1. The quantitative estimate of drug-likeness (QED) is 0.648. The standard InChI is InChI=1S/C23H28N6O3/c1-23(2,3)32-22(31)28-14-8-11-17(15-28)24-20(30)18-12-7-13-19-26-21(27-29(18)19)25-16-9-5-4-6-10-16/h4-7,9-10,12-13,17H,8,11,14-15H2,1-3H3,(H,24,30)(H,25,27)/t17-/m0/s1. The Morgan fingerprint density at radius 1 is 1.09 bits per heavy atom. The second-order valence-corrected chi connectivity index (χ2v) is 8.85. The van der Waals surface area contributed by atoms with Crippen molar-refractivity contribution in [1.82, 2.24) is 24.8 Å². The van der Waals surface area contributed by atoms with Crippen LogP contribution in [0.1, 0.15) is 44.1 Å². The molecule has 9 heteroatoms. The van der Waals surface area contributed by atoms with Gasteiger partial charge in [-0.1, -0.05) is 24.3 Å². The van der Waals surface area contributed by atoms with Gasteiger partial charge in [-0.2, -0.15) is 4.98 Å². The van der Waals surface area contributed by atoms with E-state index in [1.165, 1.54) is 4.52 Å². The largest absolute Gasteiger partial charge is 0.444 e. The van der Waals surface area contributed by atoms with Crippen LogP contribution in [0, 0.1) is 0 Å². The van der Waals surface area contributed by atoms with Crippen LogP contribution < -0.4 is 10.6 Å². The minimum Gasteiger partial charge on any atom is -0.444 e. The van der Waals surface area contributed by atoms with Crippen molar-refractivity contribution in [1.29, 1.82) is 0 Å².